The number of nitrogens with zero attached hydrogens (tertiary/aromatic N) is 2. The highest BCUT2D eigenvalue weighted by molar-refractivity contribution is 9.09. The van der Waals surface area contributed by atoms with Gasteiger partial charge in [0.2, 0.25) is 11.9 Å². The molecule has 0 aliphatic rings. The minimum Gasteiger partial charge on any atom is -0.326 e. The Kier molecular flexibility index (Phi) is 5.27. The van der Waals surface area contributed by atoms with Gasteiger partial charge in [0.05, 0.1) is 0 Å². The Labute approximate surface area is 132 Å². The maximum Gasteiger partial charge on any atom is 0.227 e. The van der Waals surface area contributed by atoms with Crippen LogP contribution >= 0.6 is 15.9 Å². The molecule has 2 aromatic rings. The number of carbonyl (C=O) groups is 1. The Morgan fingerprint density at radius 1 is 1.14 bits per heavy atom. The molecule has 110 valence electrons. The second kappa shape index (κ2) is 7.17. The number of aromatic nitrogens is 2. The maximum atomic E-state index is 11.6. The zero-order valence-electron chi connectivity index (χ0n) is 12.0. The lowest BCUT2D eigenvalue weighted by Gasteiger charge is -2.09. The van der Waals surface area contributed by atoms with Crippen molar-refractivity contribution in [3.05, 3.63) is 41.7 Å². The molecule has 0 bridgehead atoms. The molecule has 6 heteroatoms. The van der Waals surface area contributed by atoms with Crippen molar-refractivity contribution in [3.8, 4) is 0 Å². The molecule has 0 aliphatic carbocycles. The van der Waals surface area contributed by atoms with Crippen molar-refractivity contribution in [2.45, 2.75) is 20.3 Å². The van der Waals surface area contributed by atoms with E-state index < -0.39 is 0 Å². The van der Waals surface area contributed by atoms with Gasteiger partial charge in [-0.3, -0.25) is 4.79 Å². The lowest BCUT2D eigenvalue weighted by atomic mass is 10.2. The number of alkyl halides is 1. The van der Waals surface area contributed by atoms with E-state index in [-0.39, 0.29) is 5.91 Å². The van der Waals surface area contributed by atoms with Crippen LogP contribution in [0.5, 0.6) is 0 Å². The van der Waals surface area contributed by atoms with Crippen molar-refractivity contribution in [3.63, 3.8) is 0 Å². The molecule has 5 nitrogen and oxygen atoms in total. The zero-order valence-corrected chi connectivity index (χ0v) is 13.6. The van der Waals surface area contributed by atoms with E-state index in [2.05, 4.69) is 36.5 Å². The second-order valence-electron chi connectivity index (χ2n) is 4.67. The first-order chi connectivity index (χ1) is 10.1. The minimum atomic E-state index is -0.0216. The van der Waals surface area contributed by atoms with Crippen LogP contribution in [0.15, 0.2) is 30.3 Å². The summed E-state index contributed by atoms with van der Waals surface area (Å²) in [7, 11) is 0. The van der Waals surface area contributed by atoms with Crippen molar-refractivity contribution in [2.24, 2.45) is 0 Å². The monoisotopic (exact) mass is 348 g/mol. The molecular formula is C15H17BrN4O. The van der Waals surface area contributed by atoms with E-state index in [9.17, 15) is 4.79 Å². The van der Waals surface area contributed by atoms with Crippen LogP contribution in [-0.4, -0.2) is 21.2 Å². The van der Waals surface area contributed by atoms with Crippen LogP contribution in [0.3, 0.4) is 0 Å². The fourth-order valence-corrected chi connectivity index (χ4v) is 2.26. The Morgan fingerprint density at radius 2 is 1.81 bits per heavy atom. The summed E-state index contributed by atoms with van der Waals surface area (Å²) >= 11 is 3.25. The fourth-order valence-electron chi connectivity index (χ4n) is 1.89. The van der Waals surface area contributed by atoms with Gasteiger partial charge < -0.3 is 10.6 Å². The molecule has 0 aliphatic heterocycles. The highest BCUT2D eigenvalue weighted by Gasteiger charge is 2.04. The summed E-state index contributed by atoms with van der Waals surface area (Å²) in [4.78, 5) is 20.3. The number of hydrogen-bond acceptors (Lipinski definition) is 4. The summed E-state index contributed by atoms with van der Waals surface area (Å²) in [5, 5.41) is 6.64. The molecule has 0 saturated carbocycles. The van der Waals surface area contributed by atoms with Crippen molar-refractivity contribution in [1.82, 2.24) is 9.97 Å². The smallest absolute Gasteiger partial charge is 0.227 e. The van der Waals surface area contributed by atoms with Crippen LogP contribution in [0.25, 0.3) is 0 Å². The highest BCUT2D eigenvalue weighted by atomic mass is 79.9. The van der Waals surface area contributed by atoms with Gasteiger partial charge in [0.1, 0.15) is 0 Å². The van der Waals surface area contributed by atoms with E-state index in [4.69, 9.17) is 0 Å². The third-order valence-electron chi connectivity index (χ3n) is 2.71. The predicted octanol–water partition coefficient (Wildman–Crippen LogP) is 3.56. The largest absolute Gasteiger partial charge is 0.326 e. The molecule has 0 fully saturated rings. The molecule has 0 atom stereocenters. The van der Waals surface area contributed by atoms with E-state index in [1.54, 1.807) is 0 Å². The van der Waals surface area contributed by atoms with E-state index in [1.165, 1.54) is 0 Å². The highest BCUT2D eigenvalue weighted by Crippen LogP contribution is 2.18. The average molecular weight is 349 g/mol. The van der Waals surface area contributed by atoms with Crippen molar-refractivity contribution < 1.29 is 4.79 Å². The molecule has 1 aromatic heterocycles. The van der Waals surface area contributed by atoms with Crippen molar-refractivity contribution in [2.75, 3.05) is 16.0 Å². The van der Waals surface area contributed by atoms with Gasteiger partial charge in [0.15, 0.2) is 0 Å². The van der Waals surface area contributed by atoms with Crippen LogP contribution in [0.4, 0.5) is 17.3 Å². The second-order valence-corrected chi connectivity index (χ2v) is 5.46. The van der Waals surface area contributed by atoms with Gasteiger partial charge in [-0.25, -0.2) is 9.97 Å². The van der Waals surface area contributed by atoms with Crippen molar-refractivity contribution >= 4 is 39.2 Å². The van der Waals surface area contributed by atoms with Crippen LogP contribution < -0.4 is 10.6 Å². The molecule has 0 spiro atoms. The summed E-state index contributed by atoms with van der Waals surface area (Å²) in [6.45, 7) is 3.85. The number of benzene rings is 1. The van der Waals surface area contributed by atoms with Gasteiger partial charge in [0.25, 0.3) is 0 Å². The normalized spacial score (nSPS) is 10.2. The molecule has 2 rings (SSSR count). The molecule has 21 heavy (non-hydrogen) atoms. The molecule has 2 N–H and O–H groups in total. The van der Waals surface area contributed by atoms with Gasteiger partial charge in [0, 0.05) is 34.5 Å². The SMILES string of the molecule is Cc1cc(C)nc(Nc2cccc(NC(=O)CCBr)c2)n1. The third kappa shape index (κ3) is 4.82. The fraction of sp³-hybridized carbons (Fsp3) is 0.267. The number of halogens is 1. The zero-order chi connectivity index (χ0) is 15.2. The number of nitrogens with one attached hydrogen (secondary N) is 2. The van der Waals surface area contributed by atoms with Crippen LogP contribution in [0.2, 0.25) is 0 Å². The number of hydrogen-bond donors (Lipinski definition) is 2. The van der Waals surface area contributed by atoms with Crippen LogP contribution in [-0.2, 0) is 4.79 Å². The van der Waals surface area contributed by atoms with Gasteiger partial charge >= 0.3 is 0 Å². The van der Waals surface area contributed by atoms with E-state index in [1.807, 2.05) is 44.2 Å². The first-order valence-corrected chi connectivity index (χ1v) is 7.74. The number of rotatable bonds is 5. The van der Waals surface area contributed by atoms with Gasteiger partial charge in [-0.1, -0.05) is 22.0 Å². The molecule has 1 heterocycles. The standard InChI is InChI=1S/C15H17BrN4O/c1-10-8-11(2)18-15(17-10)20-13-5-3-4-12(9-13)19-14(21)6-7-16/h3-5,8-9H,6-7H2,1-2H3,(H,19,21)(H,17,18,20). The molecular weight excluding hydrogens is 332 g/mol. The first-order valence-electron chi connectivity index (χ1n) is 6.62. The Bertz CT molecular complexity index is 625. The van der Waals surface area contributed by atoms with Crippen molar-refractivity contribution in [1.29, 1.82) is 0 Å². The Morgan fingerprint density at radius 3 is 2.48 bits per heavy atom. The number of anilines is 3. The molecule has 0 radical (unpaired) electrons. The predicted molar refractivity (Wildman–Crippen MR) is 88.3 cm³/mol. The number of aryl methyl sites for hydroxylation is 2. The first kappa shape index (κ1) is 15.4. The summed E-state index contributed by atoms with van der Waals surface area (Å²) in [6, 6.07) is 9.39. The lowest BCUT2D eigenvalue weighted by molar-refractivity contribution is -0.115. The third-order valence-corrected chi connectivity index (χ3v) is 3.10. The number of carbonyl (C=O) groups excluding carboxylic acids is 1. The summed E-state index contributed by atoms with van der Waals surface area (Å²) in [6.07, 6.45) is 0.442. The minimum absolute atomic E-state index is 0.0216. The molecule has 0 saturated heterocycles. The quantitative estimate of drug-likeness (QED) is 0.810. The van der Waals surface area contributed by atoms with Gasteiger partial charge in [-0.2, -0.15) is 0 Å². The van der Waals surface area contributed by atoms with E-state index >= 15 is 0 Å². The summed E-state index contributed by atoms with van der Waals surface area (Å²) in [5.74, 6) is 0.531. The van der Waals surface area contributed by atoms with Gasteiger partial charge in [-0.05, 0) is 38.1 Å². The van der Waals surface area contributed by atoms with E-state index in [0.29, 0.717) is 17.7 Å². The molecule has 1 aromatic carbocycles. The molecule has 1 amide bonds. The Hall–Kier alpha value is -1.95. The van der Waals surface area contributed by atoms with Crippen LogP contribution in [0, 0.1) is 13.8 Å². The number of amides is 1. The summed E-state index contributed by atoms with van der Waals surface area (Å²) in [5.41, 5.74) is 3.39. The van der Waals surface area contributed by atoms with Gasteiger partial charge in [-0.15, -0.1) is 0 Å². The molecule has 0 unspecified atom stereocenters. The summed E-state index contributed by atoms with van der Waals surface area (Å²) < 4.78 is 0. The average Bonchev–Trinajstić information content (AvgIpc) is 2.37. The van der Waals surface area contributed by atoms with E-state index in [0.717, 1.165) is 22.8 Å². The van der Waals surface area contributed by atoms with Crippen LogP contribution in [0.1, 0.15) is 17.8 Å². The maximum absolute atomic E-state index is 11.6. The topological polar surface area (TPSA) is 66.9 Å². The lowest BCUT2D eigenvalue weighted by Crippen LogP contribution is -2.11. The Balaban J connectivity index is 2.12.